The molecular weight excluding hydrogens is 361 g/mol. The van der Waals surface area contributed by atoms with Gasteiger partial charge in [0.05, 0.1) is 22.7 Å². The van der Waals surface area contributed by atoms with Gasteiger partial charge in [-0.05, 0) is 35.9 Å². The molecule has 3 rings (SSSR count). The van der Waals surface area contributed by atoms with E-state index in [2.05, 4.69) is 0 Å². The first-order chi connectivity index (χ1) is 11.2. The lowest BCUT2D eigenvalue weighted by Gasteiger charge is -2.17. The molecule has 24 heavy (non-hydrogen) atoms. The van der Waals surface area contributed by atoms with E-state index in [1.165, 1.54) is 18.2 Å². The van der Waals surface area contributed by atoms with Crippen molar-refractivity contribution in [2.24, 2.45) is 0 Å². The summed E-state index contributed by atoms with van der Waals surface area (Å²) < 4.78 is 44.5. The van der Waals surface area contributed by atoms with Crippen LogP contribution in [0, 0.1) is 5.82 Å². The third kappa shape index (κ3) is 2.79. The van der Waals surface area contributed by atoms with Gasteiger partial charge in [0.1, 0.15) is 5.82 Å². The van der Waals surface area contributed by atoms with Crippen LogP contribution in [0.15, 0.2) is 41.3 Å². The second-order valence-corrected chi connectivity index (χ2v) is 6.94. The number of nitrogens with zero attached hydrogens (tertiary/aromatic N) is 1. The van der Waals surface area contributed by atoms with Gasteiger partial charge in [0.15, 0.2) is 0 Å². The highest BCUT2D eigenvalue weighted by atomic mass is 35.5. The van der Waals surface area contributed by atoms with E-state index in [-0.39, 0.29) is 22.8 Å². The maximum Gasteiger partial charge on any atom is 0.299 e. The summed E-state index contributed by atoms with van der Waals surface area (Å²) in [6.07, 6.45) is 0. The molecule has 0 aliphatic carbocycles. The zero-order chi connectivity index (χ0) is 17.6. The number of hydrogen-bond acceptors (Lipinski definition) is 4. The van der Waals surface area contributed by atoms with Crippen LogP contribution >= 0.6 is 11.6 Å². The molecule has 2 aromatic rings. The largest absolute Gasteiger partial charge is 0.300 e. The minimum atomic E-state index is -4.50. The van der Waals surface area contributed by atoms with E-state index in [4.69, 9.17) is 16.2 Å². The normalized spacial score (nSPS) is 14.2. The van der Waals surface area contributed by atoms with Crippen molar-refractivity contribution in [1.82, 2.24) is 0 Å². The van der Waals surface area contributed by atoms with Crippen molar-refractivity contribution >= 4 is 39.1 Å². The zero-order valence-electron chi connectivity index (χ0n) is 11.9. The van der Waals surface area contributed by atoms with Crippen LogP contribution in [0.2, 0.25) is 5.02 Å². The van der Waals surface area contributed by atoms with Crippen molar-refractivity contribution in [2.75, 3.05) is 4.90 Å². The molecule has 0 atom stereocenters. The average molecular weight is 370 g/mol. The molecule has 0 radical (unpaired) electrons. The minimum absolute atomic E-state index is 0.0814. The molecule has 0 saturated heterocycles. The van der Waals surface area contributed by atoms with Gasteiger partial charge in [-0.2, -0.15) is 8.42 Å². The van der Waals surface area contributed by atoms with Crippen molar-refractivity contribution < 1.29 is 27.0 Å². The molecule has 6 nitrogen and oxygen atoms in total. The third-order valence-electron chi connectivity index (χ3n) is 3.58. The summed E-state index contributed by atoms with van der Waals surface area (Å²) >= 11 is 5.93. The van der Waals surface area contributed by atoms with Crippen LogP contribution in [0.4, 0.5) is 10.1 Å². The van der Waals surface area contributed by atoms with Gasteiger partial charge in [-0.1, -0.05) is 17.7 Å². The van der Waals surface area contributed by atoms with Crippen molar-refractivity contribution in [2.45, 2.75) is 11.4 Å². The second-order valence-electron chi connectivity index (χ2n) is 5.11. The molecule has 1 N–H and O–H groups in total. The molecular formula is C15H9ClFNO5S. The van der Waals surface area contributed by atoms with Crippen LogP contribution in [0.3, 0.4) is 0 Å². The van der Waals surface area contributed by atoms with Crippen LogP contribution in [-0.4, -0.2) is 24.7 Å². The Kier molecular flexibility index (Phi) is 3.90. The monoisotopic (exact) mass is 369 g/mol. The standard InChI is InChI=1S/C15H9ClFNO5S/c16-12-5-9(17)2-1-8(12)7-18-13-4-3-10(24(21,22)23)6-11(13)14(19)15(18)20/h1-6H,7H2,(H,21,22,23). The number of anilines is 1. The first-order valence-corrected chi connectivity index (χ1v) is 8.42. The van der Waals surface area contributed by atoms with E-state index in [1.807, 2.05) is 0 Å². The van der Waals surface area contributed by atoms with Gasteiger partial charge in [-0.3, -0.25) is 14.1 Å². The Labute approximate surface area is 141 Å². The maximum atomic E-state index is 13.1. The first-order valence-electron chi connectivity index (χ1n) is 6.60. The maximum absolute atomic E-state index is 13.1. The summed E-state index contributed by atoms with van der Waals surface area (Å²) in [7, 11) is -4.50. The van der Waals surface area contributed by atoms with Gasteiger partial charge in [0, 0.05) is 5.02 Å². The van der Waals surface area contributed by atoms with Gasteiger partial charge in [0.25, 0.3) is 21.8 Å². The lowest BCUT2D eigenvalue weighted by atomic mass is 10.1. The molecule has 2 aromatic carbocycles. The number of hydrogen-bond donors (Lipinski definition) is 1. The number of ketones is 1. The Hall–Kier alpha value is -2.29. The molecule has 0 spiro atoms. The highest BCUT2D eigenvalue weighted by Crippen LogP contribution is 2.33. The van der Waals surface area contributed by atoms with E-state index in [0.29, 0.717) is 5.56 Å². The lowest BCUT2D eigenvalue weighted by molar-refractivity contribution is -0.114. The van der Waals surface area contributed by atoms with Crippen molar-refractivity contribution in [3.8, 4) is 0 Å². The van der Waals surface area contributed by atoms with Gasteiger partial charge < -0.3 is 4.90 Å². The number of fused-ring (bicyclic) bond motifs is 1. The fraction of sp³-hybridized carbons (Fsp3) is 0.0667. The molecule has 0 aromatic heterocycles. The molecule has 9 heteroatoms. The summed E-state index contributed by atoms with van der Waals surface area (Å²) in [4.78, 5) is 24.8. The zero-order valence-corrected chi connectivity index (χ0v) is 13.4. The van der Waals surface area contributed by atoms with E-state index in [1.54, 1.807) is 0 Å². The summed E-state index contributed by atoms with van der Waals surface area (Å²) in [6.45, 7) is -0.0814. The minimum Gasteiger partial charge on any atom is -0.300 e. The Bertz CT molecular complexity index is 989. The van der Waals surface area contributed by atoms with Gasteiger partial charge in [-0.25, -0.2) is 4.39 Å². The van der Waals surface area contributed by atoms with Crippen molar-refractivity contribution in [1.29, 1.82) is 0 Å². The molecule has 0 unspecified atom stereocenters. The van der Waals surface area contributed by atoms with Gasteiger partial charge in [0.2, 0.25) is 0 Å². The number of amides is 1. The average Bonchev–Trinajstić information content (AvgIpc) is 2.73. The summed E-state index contributed by atoms with van der Waals surface area (Å²) in [5, 5.41) is 0.0956. The van der Waals surface area contributed by atoms with E-state index < -0.39 is 32.5 Å². The number of carbonyl (C=O) groups excluding carboxylic acids is 2. The van der Waals surface area contributed by atoms with Crippen LogP contribution < -0.4 is 4.90 Å². The van der Waals surface area contributed by atoms with Crippen LogP contribution in [0.25, 0.3) is 0 Å². The fourth-order valence-electron chi connectivity index (χ4n) is 2.42. The molecule has 124 valence electrons. The number of Topliss-reactive ketones (excluding diaryl/α,β-unsaturated/α-hetero) is 1. The van der Waals surface area contributed by atoms with E-state index in [0.717, 1.165) is 23.1 Å². The quantitative estimate of drug-likeness (QED) is 0.662. The van der Waals surface area contributed by atoms with Crippen LogP contribution in [0.1, 0.15) is 15.9 Å². The number of carbonyl (C=O) groups is 2. The molecule has 1 aliphatic rings. The number of halogens is 2. The summed E-state index contributed by atoms with van der Waals surface area (Å²) in [6, 6.07) is 6.92. The van der Waals surface area contributed by atoms with Crippen LogP contribution in [-0.2, 0) is 21.5 Å². The Morgan fingerprint density at radius 1 is 1.12 bits per heavy atom. The summed E-state index contributed by atoms with van der Waals surface area (Å²) in [5.74, 6) is -2.29. The fourth-order valence-corrected chi connectivity index (χ4v) is 3.15. The van der Waals surface area contributed by atoms with Gasteiger partial charge >= 0.3 is 0 Å². The Morgan fingerprint density at radius 3 is 2.46 bits per heavy atom. The number of benzene rings is 2. The van der Waals surface area contributed by atoms with Gasteiger partial charge in [-0.15, -0.1) is 0 Å². The van der Waals surface area contributed by atoms with Crippen molar-refractivity contribution in [3.05, 3.63) is 58.4 Å². The molecule has 0 saturated carbocycles. The predicted octanol–water partition coefficient (Wildman–Crippen LogP) is 2.46. The van der Waals surface area contributed by atoms with Crippen molar-refractivity contribution in [3.63, 3.8) is 0 Å². The van der Waals surface area contributed by atoms with E-state index >= 15 is 0 Å². The Balaban J connectivity index is 2.03. The third-order valence-corrected chi connectivity index (χ3v) is 4.79. The predicted molar refractivity (Wildman–Crippen MR) is 83.2 cm³/mol. The van der Waals surface area contributed by atoms with Crippen LogP contribution in [0.5, 0.6) is 0 Å². The molecule has 1 amide bonds. The molecule has 1 aliphatic heterocycles. The Morgan fingerprint density at radius 2 is 1.83 bits per heavy atom. The molecule has 1 heterocycles. The topological polar surface area (TPSA) is 91.8 Å². The molecule has 0 bridgehead atoms. The SMILES string of the molecule is O=C1C(=O)N(Cc2ccc(F)cc2Cl)c2ccc(S(=O)(=O)O)cc21. The summed E-state index contributed by atoms with van der Waals surface area (Å²) in [5.41, 5.74) is 0.483. The highest BCUT2D eigenvalue weighted by molar-refractivity contribution is 7.85. The first kappa shape index (κ1) is 16.6. The highest BCUT2D eigenvalue weighted by Gasteiger charge is 2.36. The smallest absolute Gasteiger partial charge is 0.299 e. The molecule has 0 fully saturated rings. The second kappa shape index (κ2) is 5.66. The number of rotatable bonds is 3. The van der Waals surface area contributed by atoms with E-state index in [9.17, 15) is 22.4 Å². The lowest BCUT2D eigenvalue weighted by Crippen LogP contribution is -2.29.